The number of halogens is 1. The SMILES string of the molecule is CC.COC(=O)N[C@@H](C(=O)O)c1ccccc1.I.[HH]. The number of carbonyl (C=O) groups excluding carboxylic acids is 1. The summed E-state index contributed by atoms with van der Waals surface area (Å²) < 4.78 is 4.34. The number of carboxylic acid groups (broad SMARTS) is 1. The van der Waals surface area contributed by atoms with Gasteiger partial charge in [-0.15, -0.1) is 24.0 Å². The molecule has 1 aromatic carbocycles. The summed E-state index contributed by atoms with van der Waals surface area (Å²) in [5.41, 5.74) is 0.496. The van der Waals surface area contributed by atoms with E-state index in [1.807, 2.05) is 13.8 Å². The van der Waals surface area contributed by atoms with Crippen molar-refractivity contribution in [3.05, 3.63) is 35.9 Å². The summed E-state index contributed by atoms with van der Waals surface area (Å²) in [5, 5.41) is 11.1. The Labute approximate surface area is 125 Å². The molecule has 0 radical (unpaired) electrons. The highest BCUT2D eigenvalue weighted by Crippen LogP contribution is 2.12. The highest BCUT2D eigenvalue weighted by Gasteiger charge is 2.21. The lowest BCUT2D eigenvalue weighted by Crippen LogP contribution is -2.33. The first-order chi connectivity index (χ1) is 8.15. The molecular formula is C12H20INO4. The van der Waals surface area contributed by atoms with Crippen molar-refractivity contribution in [2.75, 3.05) is 7.11 Å². The molecule has 0 aromatic heterocycles. The Morgan fingerprint density at radius 1 is 1.28 bits per heavy atom. The molecule has 5 nitrogen and oxygen atoms in total. The van der Waals surface area contributed by atoms with Crippen molar-refractivity contribution in [1.29, 1.82) is 0 Å². The number of aliphatic carboxylic acids is 1. The van der Waals surface area contributed by atoms with Gasteiger partial charge in [0, 0.05) is 1.43 Å². The van der Waals surface area contributed by atoms with Crippen LogP contribution in [0.3, 0.4) is 0 Å². The number of carboxylic acids is 1. The van der Waals surface area contributed by atoms with Crippen LogP contribution >= 0.6 is 24.0 Å². The molecule has 1 aromatic rings. The van der Waals surface area contributed by atoms with Gasteiger partial charge in [0.05, 0.1) is 7.11 Å². The van der Waals surface area contributed by atoms with E-state index in [-0.39, 0.29) is 25.4 Å². The maximum Gasteiger partial charge on any atom is 0.407 e. The maximum absolute atomic E-state index is 10.9. The van der Waals surface area contributed by atoms with Gasteiger partial charge in [0.2, 0.25) is 0 Å². The highest BCUT2D eigenvalue weighted by molar-refractivity contribution is 14.0. The van der Waals surface area contributed by atoms with Gasteiger partial charge in [-0.1, -0.05) is 44.2 Å². The van der Waals surface area contributed by atoms with Gasteiger partial charge in [0.1, 0.15) is 0 Å². The summed E-state index contributed by atoms with van der Waals surface area (Å²) in [5.74, 6) is -1.13. The fraction of sp³-hybridized carbons (Fsp3) is 0.333. The van der Waals surface area contributed by atoms with Gasteiger partial charge in [-0.05, 0) is 5.56 Å². The molecular weight excluding hydrogens is 349 g/mol. The molecule has 0 spiro atoms. The number of alkyl carbamates (subject to hydrolysis) is 1. The molecule has 0 aliphatic rings. The van der Waals surface area contributed by atoms with Gasteiger partial charge in [0.25, 0.3) is 0 Å². The van der Waals surface area contributed by atoms with Crippen LogP contribution < -0.4 is 5.32 Å². The Hall–Kier alpha value is -1.31. The number of benzene rings is 1. The lowest BCUT2D eigenvalue weighted by molar-refractivity contribution is -0.139. The Morgan fingerprint density at radius 3 is 2.17 bits per heavy atom. The van der Waals surface area contributed by atoms with E-state index in [2.05, 4.69) is 10.1 Å². The normalized spacial score (nSPS) is 9.94. The van der Waals surface area contributed by atoms with Crippen molar-refractivity contribution in [1.82, 2.24) is 5.32 Å². The molecule has 0 saturated carbocycles. The number of ether oxygens (including phenoxy) is 1. The predicted molar refractivity (Wildman–Crippen MR) is 81.2 cm³/mol. The molecule has 0 saturated heterocycles. The Morgan fingerprint density at radius 2 is 1.78 bits per heavy atom. The third kappa shape index (κ3) is 6.43. The van der Waals surface area contributed by atoms with Crippen molar-refractivity contribution >= 4 is 36.0 Å². The van der Waals surface area contributed by atoms with Gasteiger partial charge in [-0.2, -0.15) is 0 Å². The molecule has 1 atom stereocenters. The van der Waals surface area contributed by atoms with Crippen molar-refractivity contribution in [3.8, 4) is 0 Å². The fourth-order valence-corrected chi connectivity index (χ4v) is 1.11. The van der Waals surface area contributed by atoms with Crippen LogP contribution in [0.4, 0.5) is 4.79 Å². The summed E-state index contributed by atoms with van der Waals surface area (Å²) in [4.78, 5) is 21.8. The zero-order chi connectivity index (χ0) is 13.3. The molecule has 104 valence electrons. The van der Waals surface area contributed by atoms with Crippen LogP contribution in [0.25, 0.3) is 0 Å². The quantitative estimate of drug-likeness (QED) is 0.803. The molecule has 0 aliphatic carbocycles. The standard InChI is InChI=1S/C10H11NO4.C2H6.HI.H2/c1-15-10(14)11-8(9(12)13)7-5-3-2-4-6-7;1-2;;/h2-6,8H,1H3,(H,11,14)(H,12,13);1-2H3;2*1H/t8-;;;/m1.../s1. The molecule has 1 amide bonds. The minimum Gasteiger partial charge on any atom is -0.479 e. The molecule has 18 heavy (non-hydrogen) atoms. The average molecular weight is 369 g/mol. The minimum atomic E-state index is -1.13. The summed E-state index contributed by atoms with van der Waals surface area (Å²) in [7, 11) is 1.18. The number of methoxy groups -OCH3 is 1. The third-order valence-electron chi connectivity index (χ3n) is 1.83. The molecule has 0 heterocycles. The largest absolute Gasteiger partial charge is 0.479 e. The van der Waals surface area contributed by atoms with E-state index < -0.39 is 18.1 Å². The zero-order valence-corrected chi connectivity index (χ0v) is 12.9. The van der Waals surface area contributed by atoms with Crippen LogP contribution in [0, 0.1) is 0 Å². The molecule has 0 bridgehead atoms. The van der Waals surface area contributed by atoms with Crippen molar-refractivity contribution in [2.45, 2.75) is 19.9 Å². The number of rotatable bonds is 3. The topological polar surface area (TPSA) is 75.6 Å². The number of nitrogens with one attached hydrogen (secondary N) is 1. The molecule has 0 aliphatic heterocycles. The summed E-state index contributed by atoms with van der Waals surface area (Å²) in [6.07, 6.45) is -0.772. The molecule has 2 N–H and O–H groups in total. The van der Waals surface area contributed by atoms with Crippen LogP contribution in [-0.2, 0) is 9.53 Å². The first-order valence-corrected chi connectivity index (χ1v) is 5.27. The van der Waals surface area contributed by atoms with Crippen LogP contribution in [0.5, 0.6) is 0 Å². The smallest absolute Gasteiger partial charge is 0.407 e. The lowest BCUT2D eigenvalue weighted by atomic mass is 10.1. The van der Waals surface area contributed by atoms with E-state index in [0.717, 1.165) is 0 Å². The van der Waals surface area contributed by atoms with Gasteiger partial charge in [0.15, 0.2) is 6.04 Å². The van der Waals surface area contributed by atoms with Crippen molar-refractivity contribution in [2.24, 2.45) is 0 Å². The van der Waals surface area contributed by atoms with Gasteiger partial charge in [-0.25, -0.2) is 9.59 Å². The Bertz CT molecular complexity index is 362. The summed E-state index contributed by atoms with van der Waals surface area (Å²) >= 11 is 0. The van der Waals surface area contributed by atoms with Crippen LogP contribution in [-0.4, -0.2) is 24.3 Å². The molecule has 0 fully saturated rings. The Kier molecular flexibility index (Phi) is 11.4. The van der Waals surface area contributed by atoms with Crippen LogP contribution in [0.2, 0.25) is 0 Å². The van der Waals surface area contributed by atoms with Gasteiger partial charge < -0.3 is 15.2 Å². The van der Waals surface area contributed by atoms with Gasteiger partial charge >= 0.3 is 12.1 Å². The molecule has 1 rings (SSSR count). The van der Waals surface area contributed by atoms with Crippen LogP contribution in [0.1, 0.15) is 26.9 Å². The number of carbonyl (C=O) groups is 2. The number of amides is 1. The first kappa shape index (κ1) is 19.0. The second-order valence-corrected chi connectivity index (χ2v) is 2.82. The monoisotopic (exact) mass is 369 g/mol. The van der Waals surface area contributed by atoms with E-state index in [1.165, 1.54) is 7.11 Å². The van der Waals surface area contributed by atoms with Gasteiger partial charge in [-0.3, -0.25) is 0 Å². The van der Waals surface area contributed by atoms with E-state index in [1.54, 1.807) is 30.3 Å². The first-order valence-electron chi connectivity index (χ1n) is 5.27. The van der Waals surface area contributed by atoms with Crippen molar-refractivity contribution < 1.29 is 20.9 Å². The predicted octanol–water partition coefficient (Wildman–Crippen LogP) is 3.06. The third-order valence-corrected chi connectivity index (χ3v) is 1.83. The van der Waals surface area contributed by atoms with E-state index in [9.17, 15) is 9.59 Å². The summed E-state index contributed by atoms with van der Waals surface area (Å²) in [6, 6.07) is 7.32. The zero-order valence-electron chi connectivity index (χ0n) is 10.5. The lowest BCUT2D eigenvalue weighted by Gasteiger charge is -2.13. The fourth-order valence-electron chi connectivity index (χ4n) is 1.11. The van der Waals surface area contributed by atoms with E-state index in [4.69, 9.17) is 5.11 Å². The highest BCUT2D eigenvalue weighted by atomic mass is 127. The van der Waals surface area contributed by atoms with Crippen LogP contribution in [0.15, 0.2) is 30.3 Å². The summed E-state index contributed by atoms with van der Waals surface area (Å²) in [6.45, 7) is 4.00. The van der Waals surface area contributed by atoms with E-state index >= 15 is 0 Å². The average Bonchev–Trinajstić information content (AvgIpc) is 2.38. The second kappa shape index (κ2) is 10.8. The molecule has 6 heteroatoms. The number of hydrogen-bond donors (Lipinski definition) is 2. The van der Waals surface area contributed by atoms with Crippen molar-refractivity contribution in [3.63, 3.8) is 0 Å². The second-order valence-electron chi connectivity index (χ2n) is 2.82. The van der Waals surface area contributed by atoms with E-state index in [0.29, 0.717) is 5.56 Å². The number of hydrogen-bond acceptors (Lipinski definition) is 3. The minimum absolute atomic E-state index is 0. The Balaban J connectivity index is -0.000000609. The maximum atomic E-state index is 10.9. The molecule has 0 unspecified atom stereocenters.